The molecule has 25 heavy (non-hydrogen) atoms. The van der Waals surface area contributed by atoms with Crippen molar-refractivity contribution in [1.29, 1.82) is 0 Å². The summed E-state index contributed by atoms with van der Waals surface area (Å²) in [5.41, 5.74) is -1.24. The van der Waals surface area contributed by atoms with E-state index in [2.05, 4.69) is 5.32 Å². The number of halogens is 4. The molecule has 1 saturated heterocycles. The van der Waals surface area contributed by atoms with Crippen molar-refractivity contribution in [3.63, 3.8) is 0 Å². The lowest BCUT2D eigenvalue weighted by atomic mass is 10.1. The van der Waals surface area contributed by atoms with Gasteiger partial charge in [-0.3, -0.25) is 9.59 Å². The van der Waals surface area contributed by atoms with Crippen LogP contribution in [0.25, 0.3) is 0 Å². The largest absolute Gasteiger partial charge is 0.418 e. The summed E-state index contributed by atoms with van der Waals surface area (Å²) in [5.74, 6) is -1.04. The standard InChI is InChI=1S/C17H20ClF3N2O2/c1-10(2)5-6-22-16(25)11-7-15(24)23(9-11)14-4-3-12(18)8-13(14)17(19,20)21/h3-4,8,10-11H,5-7,9H2,1-2H3,(H,22,25). The number of rotatable bonds is 5. The van der Waals surface area contributed by atoms with Crippen molar-refractivity contribution in [3.05, 3.63) is 28.8 Å². The van der Waals surface area contributed by atoms with Crippen LogP contribution < -0.4 is 10.2 Å². The fourth-order valence-corrected chi connectivity index (χ4v) is 2.89. The SMILES string of the molecule is CC(C)CCNC(=O)C1CC(=O)N(c2ccc(Cl)cc2C(F)(F)F)C1. The number of anilines is 1. The molecule has 0 aromatic heterocycles. The predicted octanol–water partition coefficient (Wildman–Crippen LogP) is 3.87. The van der Waals surface area contributed by atoms with Crippen molar-refractivity contribution in [3.8, 4) is 0 Å². The Bertz CT molecular complexity index is 662. The van der Waals surface area contributed by atoms with Crippen LogP contribution in [0.5, 0.6) is 0 Å². The topological polar surface area (TPSA) is 49.4 Å². The smallest absolute Gasteiger partial charge is 0.356 e. The first-order valence-electron chi connectivity index (χ1n) is 8.04. The molecule has 0 spiro atoms. The van der Waals surface area contributed by atoms with Gasteiger partial charge in [-0.1, -0.05) is 25.4 Å². The van der Waals surface area contributed by atoms with Crippen molar-refractivity contribution in [2.45, 2.75) is 32.9 Å². The maximum Gasteiger partial charge on any atom is 0.418 e. The highest BCUT2D eigenvalue weighted by atomic mass is 35.5. The van der Waals surface area contributed by atoms with Gasteiger partial charge in [0.05, 0.1) is 17.2 Å². The number of alkyl halides is 3. The minimum Gasteiger partial charge on any atom is -0.356 e. The average molecular weight is 377 g/mol. The molecule has 1 aromatic rings. The van der Waals surface area contributed by atoms with Gasteiger partial charge in [-0.05, 0) is 30.5 Å². The molecule has 1 unspecified atom stereocenters. The molecule has 1 N–H and O–H groups in total. The molecule has 1 heterocycles. The lowest BCUT2D eigenvalue weighted by Crippen LogP contribution is -2.34. The molecule has 138 valence electrons. The highest BCUT2D eigenvalue weighted by Crippen LogP contribution is 2.40. The van der Waals surface area contributed by atoms with Crippen LogP contribution >= 0.6 is 11.6 Å². The van der Waals surface area contributed by atoms with E-state index in [-0.39, 0.29) is 29.6 Å². The third-order valence-corrected chi connectivity index (χ3v) is 4.31. The van der Waals surface area contributed by atoms with Crippen LogP contribution in [0.1, 0.15) is 32.3 Å². The van der Waals surface area contributed by atoms with Gasteiger partial charge in [-0.25, -0.2) is 0 Å². The first-order chi connectivity index (χ1) is 11.6. The van der Waals surface area contributed by atoms with Gasteiger partial charge >= 0.3 is 6.18 Å². The van der Waals surface area contributed by atoms with Gasteiger partial charge in [0.1, 0.15) is 0 Å². The molecule has 2 amide bonds. The Morgan fingerprint density at radius 3 is 2.68 bits per heavy atom. The molecule has 0 saturated carbocycles. The zero-order valence-corrected chi connectivity index (χ0v) is 14.7. The molecule has 0 aliphatic carbocycles. The molecule has 8 heteroatoms. The Morgan fingerprint density at radius 2 is 2.08 bits per heavy atom. The molecule has 4 nitrogen and oxygen atoms in total. The highest BCUT2D eigenvalue weighted by Gasteiger charge is 2.41. The van der Waals surface area contributed by atoms with E-state index in [1.54, 1.807) is 0 Å². The van der Waals surface area contributed by atoms with Gasteiger partial charge in [-0.2, -0.15) is 13.2 Å². The van der Waals surface area contributed by atoms with Gasteiger partial charge in [0.15, 0.2) is 0 Å². The third kappa shape index (κ3) is 4.87. The Morgan fingerprint density at radius 1 is 1.40 bits per heavy atom. The molecule has 1 aliphatic rings. The van der Waals surface area contributed by atoms with E-state index >= 15 is 0 Å². The Kier molecular flexibility index (Phi) is 5.98. The second-order valence-corrected chi connectivity index (χ2v) is 6.97. The number of amides is 2. The summed E-state index contributed by atoms with van der Waals surface area (Å²) in [6, 6.07) is 3.26. The molecule has 1 atom stereocenters. The van der Waals surface area contributed by atoms with Crippen molar-refractivity contribution >= 4 is 29.1 Å². The number of carbonyl (C=O) groups is 2. The first kappa shape index (κ1) is 19.6. The molecule has 1 fully saturated rings. The number of benzene rings is 1. The lowest BCUT2D eigenvalue weighted by Gasteiger charge is -2.22. The summed E-state index contributed by atoms with van der Waals surface area (Å²) in [6.07, 6.45) is -3.95. The third-order valence-electron chi connectivity index (χ3n) is 4.07. The molecule has 1 aromatic carbocycles. The Balaban J connectivity index is 2.15. The number of carbonyl (C=O) groups excluding carboxylic acids is 2. The van der Waals surface area contributed by atoms with Gasteiger partial charge < -0.3 is 10.2 Å². The van der Waals surface area contributed by atoms with Crippen molar-refractivity contribution in [2.75, 3.05) is 18.0 Å². The fraction of sp³-hybridized carbons (Fsp3) is 0.529. The van der Waals surface area contributed by atoms with E-state index < -0.39 is 23.6 Å². The van der Waals surface area contributed by atoms with Gasteiger partial charge in [0.25, 0.3) is 0 Å². The number of hydrogen-bond acceptors (Lipinski definition) is 2. The second-order valence-electron chi connectivity index (χ2n) is 6.54. The number of nitrogens with zero attached hydrogens (tertiary/aromatic N) is 1. The van der Waals surface area contributed by atoms with Crippen molar-refractivity contribution in [2.24, 2.45) is 11.8 Å². The first-order valence-corrected chi connectivity index (χ1v) is 8.42. The molecule has 2 rings (SSSR count). The van der Waals surface area contributed by atoms with Crippen LogP contribution in [0.3, 0.4) is 0 Å². The van der Waals surface area contributed by atoms with E-state index in [9.17, 15) is 22.8 Å². The molecule has 1 aliphatic heterocycles. The fourth-order valence-electron chi connectivity index (χ4n) is 2.72. The van der Waals surface area contributed by atoms with Crippen LogP contribution in [-0.2, 0) is 15.8 Å². The quantitative estimate of drug-likeness (QED) is 0.848. The second kappa shape index (κ2) is 7.64. The normalized spacial score (nSPS) is 18.1. The average Bonchev–Trinajstić information content (AvgIpc) is 2.88. The minimum absolute atomic E-state index is 0.0642. The summed E-state index contributed by atoms with van der Waals surface area (Å²) in [6.45, 7) is 4.45. The number of nitrogens with one attached hydrogen (secondary N) is 1. The molecular formula is C17H20ClF3N2O2. The molecule has 0 radical (unpaired) electrons. The van der Waals surface area contributed by atoms with Crippen molar-refractivity contribution < 1.29 is 22.8 Å². The van der Waals surface area contributed by atoms with Gasteiger partial charge in [-0.15, -0.1) is 0 Å². The van der Waals surface area contributed by atoms with Crippen LogP contribution in [0.2, 0.25) is 5.02 Å². The summed E-state index contributed by atoms with van der Waals surface area (Å²) in [4.78, 5) is 25.4. The summed E-state index contributed by atoms with van der Waals surface area (Å²) < 4.78 is 39.7. The minimum atomic E-state index is -4.64. The summed E-state index contributed by atoms with van der Waals surface area (Å²) >= 11 is 5.66. The van der Waals surface area contributed by atoms with Crippen molar-refractivity contribution in [1.82, 2.24) is 5.32 Å². The van der Waals surface area contributed by atoms with Crippen LogP contribution in [0.4, 0.5) is 18.9 Å². The maximum atomic E-state index is 13.2. The monoisotopic (exact) mass is 376 g/mol. The summed E-state index contributed by atoms with van der Waals surface area (Å²) in [5, 5.41) is 2.68. The Hall–Kier alpha value is -1.76. The molecule has 0 bridgehead atoms. The number of hydrogen-bond donors (Lipinski definition) is 1. The van der Waals surface area contributed by atoms with Crippen LogP contribution in [0.15, 0.2) is 18.2 Å². The highest BCUT2D eigenvalue weighted by molar-refractivity contribution is 6.30. The van der Waals surface area contributed by atoms with E-state index in [4.69, 9.17) is 11.6 Å². The van der Waals surface area contributed by atoms with Crippen LogP contribution in [0, 0.1) is 11.8 Å². The molecular weight excluding hydrogens is 357 g/mol. The van der Waals surface area contributed by atoms with Gasteiger partial charge in [0, 0.05) is 24.5 Å². The van der Waals surface area contributed by atoms with E-state index in [1.807, 2.05) is 13.8 Å². The van der Waals surface area contributed by atoms with E-state index in [1.165, 1.54) is 12.1 Å². The van der Waals surface area contributed by atoms with Crippen LogP contribution in [-0.4, -0.2) is 24.9 Å². The van der Waals surface area contributed by atoms with E-state index in [0.29, 0.717) is 12.5 Å². The lowest BCUT2D eigenvalue weighted by molar-refractivity contribution is -0.137. The van der Waals surface area contributed by atoms with Gasteiger partial charge in [0.2, 0.25) is 11.8 Å². The summed E-state index contributed by atoms with van der Waals surface area (Å²) in [7, 11) is 0. The van der Waals surface area contributed by atoms with E-state index in [0.717, 1.165) is 17.4 Å². The zero-order valence-electron chi connectivity index (χ0n) is 14.0. The predicted molar refractivity (Wildman–Crippen MR) is 89.4 cm³/mol. The maximum absolute atomic E-state index is 13.2. The zero-order chi connectivity index (χ0) is 18.8. The Labute approximate surface area is 149 Å².